The highest BCUT2D eigenvalue weighted by atomic mass is 16.7. The lowest BCUT2D eigenvalue weighted by Crippen LogP contribution is -2.73. The zero-order chi connectivity index (χ0) is 24.3. The Hall–Kier alpha value is -0.650. The molecule has 0 aliphatic heterocycles. The number of rotatable bonds is 23. The van der Waals surface area contributed by atoms with E-state index in [1.54, 1.807) is 0 Å². The summed E-state index contributed by atoms with van der Waals surface area (Å²) in [5.74, 6) is -1.66. The molecule has 0 spiro atoms. The Labute approximate surface area is 200 Å². The number of hydrogen-bond donors (Lipinski definition) is 1. The van der Waals surface area contributed by atoms with Gasteiger partial charge in [0.2, 0.25) is 0 Å². The maximum atomic E-state index is 9.26. The van der Waals surface area contributed by atoms with E-state index in [0.717, 1.165) is 26.1 Å². The molecule has 0 heterocycles. The first-order chi connectivity index (χ1) is 15.4. The summed E-state index contributed by atoms with van der Waals surface area (Å²) in [7, 11) is 0. The predicted molar refractivity (Wildman–Crippen MR) is 133 cm³/mol. The van der Waals surface area contributed by atoms with Crippen molar-refractivity contribution in [3.05, 3.63) is 0 Å². The second kappa shape index (κ2) is 26.6. The summed E-state index contributed by atoms with van der Waals surface area (Å²) in [4.78, 5) is 9.26. The van der Waals surface area contributed by atoms with Crippen LogP contribution in [0.4, 0.5) is 0 Å². The van der Waals surface area contributed by atoms with E-state index in [-0.39, 0.29) is 6.42 Å². The molecule has 0 aromatic rings. The number of ether oxygens (including phenoxy) is 2. The average molecular weight is 460 g/mol. The van der Waals surface area contributed by atoms with Crippen LogP contribution in [0.5, 0.6) is 0 Å². The largest absolute Gasteiger partial charge is 0.550 e. The molecule has 194 valence electrons. The van der Waals surface area contributed by atoms with Gasteiger partial charge in [0.05, 0.1) is 13.2 Å². The van der Waals surface area contributed by atoms with Crippen molar-refractivity contribution in [3.63, 3.8) is 0 Å². The van der Waals surface area contributed by atoms with Crippen LogP contribution in [0.2, 0.25) is 0 Å². The van der Waals surface area contributed by atoms with E-state index < -0.39 is 11.9 Å². The molecule has 0 fully saturated rings. The first-order valence-corrected chi connectivity index (χ1v) is 13.7. The number of quaternary nitrogens is 1. The third-order valence-corrected chi connectivity index (χ3v) is 5.60. The summed E-state index contributed by atoms with van der Waals surface area (Å²) in [5.41, 5.74) is 4.08. The zero-order valence-electron chi connectivity index (χ0n) is 22.2. The van der Waals surface area contributed by atoms with E-state index in [0.29, 0.717) is 0 Å². The molecule has 0 saturated carbocycles. The van der Waals surface area contributed by atoms with E-state index >= 15 is 0 Å². The minimum atomic E-state index is -0.995. The van der Waals surface area contributed by atoms with Crippen molar-refractivity contribution in [3.8, 4) is 0 Å². The van der Waals surface area contributed by atoms with Crippen LogP contribution in [0, 0.1) is 0 Å². The molecule has 5 heteroatoms. The number of carboxylic acid groups (broad SMARTS) is 1. The summed E-state index contributed by atoms with van der Waals surface area (Å²) < 4.78 is 11.7. The highest BCUT2D eigenvalue weighted by molar-refractivity contribution is 5.63. The van der Waals surface area contributed by atoms with Crippen LogP contribution in [0.1, 0.15) is 150 Å². The number of unbranched alkanes of at least 4 members (excludes halogenated alkanes) is 16. The molecule has 0 unspecified atom stereocenters. The summed E-state index contributed by atoms with van der Waals surface area (Å²) in [5, 5.41) is 9.26. The fourth-order valence-electron chi connectivity index (χ4n) is 3.44. The van der Waals surface area contributed by atoms with Crippen LogP contribution in [0.25, 0.3) is 0 Å². The van der Waals surface area contributed by atoms with Gasteiger partial charge in [0.15, 0.2) is 0 Å². The molecule has 5 nitrogen and oxygen atoms in total. The number of carbonyl (C=O) groups is 1. The Balaban J connectivity index is 0. The van der Waals surface area contributed by atoms with Crippen LogP contribution in [0.3, 0.4) is 0 Å². The summed E-state index contributed by atoms with van der Waals surface area (Å²) in [6.45, 7) is 9.58. The number of carbonyl (C=O) groups excluding carboxylic acids is 1. The normalized spacial score (nSPS) is 11.3. The van der Waals surface area contributed by atoms with E-state index in [4.69, 9.17) is 9.47 Å². The standard InChI is InChI=1S/C24H51NO2.C3H6O2/c1-4-6-8-10-12-14-16-18-20-22-26-24(3,25)27-23-21-19-17-15-13-11-9-7-5-2;1-2-3(4)5/h4-23,25H2,1-3H3;2H2,1H3,(H,4,5). The SMILES string of the molecule is CCC(=O)[O-].CCCCCCCCCCCOC(C)([NH3+])OCCCCCCCCCCC. The van der Waals surface area contributed by atoms with Crippen LogP contribution in [-0.2, 0) is 14.3 Å². The summed E-state index contributed by atoms with van der Waals surface area (Å²) in [6, 6.07) is 0. The molecule has 0 aliphatic rings. The van der Waals surface area contributed by atoms with Crippen LogP contribution in [-0.4, -0.2) is 25.1 Å². The minimum absolute atomic E-state index is 0.111. The Kier molecular flexibility index (Phi) is 27.9. The van der Waals surface area contributed by atoms with E-state index in [9.17, 15) is 9.90 Å². The van der Waals surface area contributed by atoms with Gasteiger partial charge in [-0.1, -0.05) is 124 Å². The Morgan fingerprint density at radius 1 is 0.625 bits per heavy atom. The molecule has 0 radical (unpaired) electrons. The van der Waals surface area contributed by atoms with Crippen LogP contribution in [0.15, 0.2) is 0 Å². The van der Waals surface area contributed by atoms with Crippen LogP contribution >= 0.6 is 0 Å². The predicted octanol–water partition coefficient (Wildman–Crippen LogP) is 6.14. The quantitative estimate of drug-likeness (QED) is 0.147. The number of hydrogen-bond acceptors (Lipinski definition) is 4. The van der Waals surface area contributed by atoms with Crippen molar-refractivity contribution >= 4 is 5.97 Å². The zero-order valence-corrected chi connectivity index (χ0v) is 22.2. The lowest BCUT2D eigenvalue weighted by Gasteiger charge is -2.21. The van der Waals surface area contributed by atoms with E-state index in [1.165, 1.54) is 110 Å². The Morgan fingerprint density at radius 2 is 0.875 bits per heavy atom. The first kappa shape index (κ1) is 33.5. The molecule has 0 atom stereocenters. The van der Waals surface area contributed by atoms with Gasteiger partial charge in [0.25, 0.3) is 0 Å². The maximum absolute atomic E-state index is 9.26. The first-order valence-electron chi connectivity index (χ1n) is 13.7. The summed E-state index contributed by atoms with van der Waals surface area (Å²) in [6.07, 6.45) is 24.2. The van der Waals surface area contributed by atoms with E-state index in [1.807, 2.05) is 6.92 Å². The highest BCUT2D eigenvalue weighted by Crippen LogP contribution is 2.12. The maximum Gasteiger partial charge on any atom is 0.311 e. The molecule has 32 heavy (non-hydrogen) atoms. The molecule has 0 aliphatic carbocycles. The summed E-state index contributed by atoms with van der Waals surface area (Å²) >= 11 is 0. The van der Waals surface area contributed by atoms with E-state index in [2.05, 4.69) is 19.6 Å². The van der Waals surface area contributed by atoms with Gasteiger partial charge in [0.1, 0.15) is 0 Å². The van der Waals surface area contributed by atoms with Crippen molar-refractivity contribution in [1.29, 1.82) is 0 Å². The van der Waals surface area contributed by atoms with Gasteiger partial charge in [-0.3, -0.25) is 0 Å². The second-order valence-corrected chi connectivity index (χ2v) is 9.21. The van der Waals surface area contributed by atoms with Crippen molar-refractivity contribution in [2.24, 2.45) is 0 Å². The average Bonchev–Trinajstić information content (AvgIpc) is 2.76. The molecule has 0 aromatic carbocycles. The van der Waals surface area contributed by atoms with Gasteiger partial charge in [0, 0.05) is 12.9 Å². The smallest absolute Gasteiger partial charge is 0.311 e. The van der Waals surface area contributed by atoms with Crippen molar-refractivity contribution < 1.29 is 25.1 Å². The van der Waals surface area contributed by atoms with Gasteiger partial charge in [-0.05, 0) is 19.3 Å². The molecule has 0 bridgehead atoms. The monoisotopic (exact) mass is 459 g/mol. The molecule has 0 aromatic heterocycles. The topological polar surface area (TPSA) is 86.2 Å². The third-order valence-electron chi connectivity index (χ3n) is 5.60. The van der Waals surface area contributed by atoms with Gasteiger partial charge in [-0.15, -0.1) is 0 Å². The van der Waals surface area contributed by atoms with Gasteiger partial charge >= 0.3 is 5.91 Å². The van der Waals surface area contributed by atoms with Gasteiger partial charge < -0.3 is 25.1 Å². The lowest BCUT2D eigenvalue weighted by molar-refractivity contribution is -0.627. The second-order valence-electron chi connectivity index (χ2n) is 9.21. The van der Waals surface area contributed by atoms with Gasteiger partial charge in [-0.2, -0.15) is 0 Å². The van der Waals surface area contributed by atoms with Gasteiger partial charge in [-0.25, -0.2) is 0 Å². The molecule has 0 amide bonds. The lowest BCUT2D eigenvalue weighted by atomic mass is 10.1. The molecule has 0 saturated heterocycles. The molecule has 0 rings (SSSR count). The minimum Gasteiger partial charge on any atom is -0.550 e. The third kappa shape index (κ3) is 31.5. The highest BCUT2D eigenvalue weighted by Gasteiger charge is 2.23. The Bertz CT molecular complexity index is 349. The molecule has 3 N–H and O–H groups in total. The Morgan fingerprint density at radius 3 is 1.12 bits per heavy atom. The van der Waals surface area contributed by atoms with Crippen molar-refractivity contribution in [2.45, 2.75) is 156 Å². The fourth-order valence-corrected chi connectivity index (χ4v) is 3.44. The van der Waals surface area contributed by atoms with Crippen LogP contribution < -0.4 is 10.8 Å². The number of carboxylic acids is 1. The molecular weight excluding hydrogens is 402 g/mol. The van der Waals surface area contributed by atoms with Crippen molar-refractivity contribution in [1.82, 2.24) is 0 Å². The molecular formula is C27H57NO4. The number of aliphatic carboxylic acids is 1. The van der Waals surface area contributed by atoms with Crippen molar-refractivity contribution in [2.75, 3.05) is 13.2 Å². The fraction of sp³-hybridized carbons (Fsp3) is 0.963.